The largest absolute Gasteiger partial charge is 0.454 e. The molecule has 94 valence electrons. The fraction of sp³-hybridized carbons (Fsp3) is 0.462. The highest BCUT2D eigenvalue weighted by atomic mass is 35.5. The minimum Gasteiger partial charge on any atom is -0.454 e. The molecule has 17 heavy (non-hydrogen) atoms. The number of cyclic esters (lactones) is 1. The minimum absolute atomic E-state index is 0. The fourth-order valence-electron chi connectivity index (χ4n) is 2.03. The number of benzene rings is 1. The van der Waals surface area contributed by atoms with Gasteiger partial charge in [0, 0.05) is 5.56 Å². The van der Waals surface area contributed by atoms with E-state index < -0.39 is 0 Å². The Hall–Kier alpha value is -1.06. The molecule has 0 saturated heterocycles. The average Bonchev–Trinajstić information content (AvgIpc) is 2.57. The standard InChI is InChI=1S/C13H17NO2.ClH/c1-14(2)9-5-8-12-10-6-3-4-7-11(10)13(15)16-12;/h3-4,6-7,12H,5,8-9H2,1-2H3;1H. The number of ether oxygens (including phenoxy) is 1. The Labute approximate surface area is 108 Å². The highest BCUT2D eigenvalue weighted by Gasteiger charge is 2.29. The number of carbonyl (C=O) groups excluding carboxylic acids is 1. The third-order valence-electron chi connectivity index (χ3n) is 2.85. The first-order valence-corrected chi connectivity index (χ1v) is 5.63. The summed E-state index contributed by atoms with van der Waals surface area (Å²) in [6.45, 7) is 1.02. The summed E-state index contributed by atoms with van der Waals surface area (Å²) in [6, 6.07) is 7.66. The van der Waals surface area contributed by atoms with Crippen molar-refractivity contribution in [2.75, 3.05) is 20.6 Å². The van der Waals surface area contributed by atoms with E-state index in [0.717, 1.165) is 30.5 Å². The second kappa shape index (κ2) is 6.03. The molecule has 0 radical (unpaired) electrons. The van der Waals surface area contributed by atoms with Crippen LogP contribution in [0, 0.1) is 0 Å². The normalized spacial score (nSPS) is 17.6. The third kappa shape index (κ3) is 3.20. The predicted molar refractivity (Wildman–Crippen MR) is 69.6 cm³/mol. The molecule has 1 aromatic rings. The number of fused-ring (bicyclic) bond motifs is 1. The summed E-state index contributed by atoms with van der Waals surface area (Å²) in [4.78, 5) is 13.7. The number of hydrogen-bond acceptors (Lipinski definition) is 3. The van der Waals surface area contributed by atoms with E-state index >= 15 is 0 Å². The summed E-state index contributed by atoms with van der Waals surface area (Å²) in [5.74, 6) is -0.176. The van der Waals surface area contributed by atoms with Gasteiger partial charge in [0.1, 0.15) is 6.10 Å². The van der Waals surface area contributed by atoms with E-state index in [1.54, 1.807) is 0 Å². The van der Waals surface area contributed by atoms with Crippen LogP contribution in [0.15, 0.2) is 24.3 Å². The van der Waals surface area contributed by atoms with E-state index in [9.17, 15) is 4.79 Å². The Bertz CT molecular complexity index is 393. The molecule has 1 unspecified atom stereocenters. The summed E-state index contributed by atoms with van der Waals surface area (Å²) >= 11 is 0. The molecule has 0 amide bonds. The lowest BCUT2D eigenvalue weighted by molar-refractivity contribution is 0.0361. The van der Waals surface area contributed by atoms with Crippen LogP contribution >= 0.6 is 12.4 Å². The van der Waals surface area contributed by atoms with E-state index in [4.69, 9.17) is 4.74 Å². The van der Waals surface area contributed by atoms with Crippen LogP contribution in [-0.2, 0) is 4.74 Å². The molecular formula is C13H18ClNO2. The summed E-state index contributed by atoms with van der Waals surface area (Å²) in [7, 11) is 4.10. The van der Waals surface area contributed by atoms with Gasteiger partial charge >= 0.3 is 5.97 Å². The molecule has 4 heteroatoms. The van der Waals surface area contributed by atoms with Gasteiger partial charge in [-0.2, -0.15) is 0 Å². The van der Waals surface area contributed by atoms with E-state index in [1.165, 1.54) is 0 Å². The van der Waals surface area contributed by atoms with Crippen molar-refractivity contribution in [3.63, 3.8) is 0 Å². The number of carbonyl (C=O) groups is 1. The predicted octanol–water partition coefficient (Wildman–Crippen LogP) is 2.66. The van der Waals surface area contributed by atoms with Crippen molar-refractivity contribution >= 4 is 18.4 Å². The average molecular weight is 256 g/mol. The molecule has 0 saturated carbocycles. The van der Waals surface area contributed by atoms with Crippen molar-refractivity contribution in [3.05, 3.63) is 35.4 Å². The molecule has 3 nitrogen and oxygen atoms in total. The van der Waals surface area contributed by atoms with Gasteiger partial charge in [-0.25, -0.2) is 4.79 Å². The monoisotopic (exact) mass is 255 g/mol. The van der Waals surface area contributed by atoms with E-state index in [1.807, 2.05) is 24.3 Å². The summed E-state index contributed by atoms with van der Waals surface area (Å²) in [5.41, 5.74) is 1.78. The Balaban J connectivity index is 0.00000144. The van der Waals surface area contributed by atoms with Crippen LogP contribution in [0.4, 0.5) is 0 Å². The smallest absolute Gasteiger partial charge is 0.339 e. The lowest BCUT2D eigenvalue weighted by atomic mass is 10.0. The molecule has 0 spiro atoms. The lowest BCUT2D eigenvalue weighted by Gasteiger charge is -2.13. The van der Waals surface area contributed by atoms with Gasteiger partial charge < -0.3 is 9.64 Å². The van der Waals surface area contributed by atoms with Gasteiger partial charge in [0.15, 0.2) is 0 Å². The van der Waals surface area contributed by atoms with Gasteiger partial charge in [-0.15, -0.1) is 12.4 Å². The third-order valence-corrected chi connectivity index (χ3v) is 2.85. The molecule has 2 rings (SSSR count). The zero-order chi connectivity index (χ0) is 11.5. The first kappa shape index (κ1) is 14.0. The number of hydrogen-bond donors (Lipinski definition) is 0. The highest BCUT2D eigenvalue weighted by molar-refractivity contribution is 5.93. The second-order valence-corrected chi connectivity index (χ2v) is 4.43. The molecule has 0 N–H and O–H groups in total. The van der Waals surface area contributed by atoms with Gasteiger partial charge in [0.2, 0.25) is 0 Å². The molecule has 1 atom stereocenters. The SMILES string of the molecule is CN(C)CCCC1OC(=O)c2ccccc21.Cl. The molecule has 1 aliphatic rings. The minimum atomic E-state index is -0.176. The quantitative estimate of drug-likeness (QED) is 0.775. The van der Waals surface area contributed by atoms with Crippen molar-refractivity contribution in [3.8, 4) is 0 Å². The van der Waals surface area contributed by atoms with Crippen molar-refractivity contribution < 1.29 is 9.53 Å². The maximum absolute atomic E-state index is 11.5. The van der Waals surface area contributed by atoms with Crippen molar-refractivity contribution in [2.45, 2.75) is 18.9 Å². The number of rotatable bonds is 4. The zero-order valence-corrected chi connectivity index (χ0v) is 11.0. The van der Waals surface area contributed by atoms with Crippen LogP contribution < -0.4 is 0 Å². The Kier molecular flexibility index (Phi) is 4.97. The summed E-state index contributed by atoms with van der Waals surface area (Å²) in [5, 5.41) is 0. The van der Waals surface area contributed by atoms with E-state index in [0.29, 0.717) is 0 Å². The van der Waals surface area contributed by atoms with Crippen molar-refractivity contribution in [2.24, 2.45) is 0 Å². The molecular weight excluding hydrogens is 238 g/mol. The van der Waals surface area contributed by atoms with Crippen molar-refractivity contribution in [1.82, 2.24) is 4.90 Å². The van der Waals surface area contributed by atoms with Gasteiger partial charge in [-0.1, -0.05) is 18.2 Å². The number of halogens is 1. The molecule has 0 aromatic heterocycles. The van der Waals surface area contributed by atoms with Crippen molar-refractivity contribution in [1.29, 1.82) is 0 Å². The molecule has 1 heterocycles. The fourth-order valence-corrected chi connectivity index (χ4v) is 2.03. The molecule has 1 aromatic carbocycles. The maximum Gasteiger partial charge on any atom is 0.339 e. The van der Waals surface area contributed by atoms with Crippen LogP contribution in [-0.4, -0.2) is 31.5 Å². The molecule has 0 fully saturated rings. The number of nitrogens with zero attached hydrogens (tertiary/aromatic N) is 1. The summed E-state index contributed by atoms with van der Waals surface area (Å²) in [6.07, 6.45) is 1.91. The molecule has 0 aliphatic carbocycles. The van der Waals surface area contributed by atoms with E-state index in [2.05, 4.69) is 19.0 Å². The zero-order valence-electron chi connectivity index (χ0n) is 10.2. The van der Waals surface area contributed by atoms with Crippen LogP contribution in [0.3, 0.4) is 0 Å². The molecule has 0 bridgehead atoms. The van der Waals surface area contributed by atoms with Gasteiger partial charge in [-0.05, 0) is 39.5 Å². The maximum atomic E-state index is 11.5. The van der Waals surface area contributed by atoms with Crippen LogP contribution in [0.1, 0.15) is 34.9 Å². The lowest BCUT2D eigenvalue weighted by Crippen LogP contribution is -2.14. The van der Waals surface area contributed by atoms with Gasteiger partial charge in [0.05, 0.1) is 5.56 Å². The van der Waals surface area contributed by atoms with Gasteiger partial charge in [0.25, 0.3) is 0 Å². The Morgan fingerprint density at radius 1 is 1.29 bits per heavy atom. The molecule has 1 aliphatic heterocycles. The van der Waals surface area contributed by atoms with E-state index in [-0.39, 0.29) is 24.5 Å². The second-order valence-electron chi connectivity index (χ2n) is 4.43. The first-order valence-electron chi connectivity index (χ1n) is 5.63. The first-order chi connectivity index (χ1) is 7.68. The topological polar surface area (TPSA) is 29.5 Å². The van der Waals surface area contributed by atoms with Crippen LogP contribution in [0.2, 0.25) is 0 Å². The van der Waals surface area contributed by atoms with Gasteiger partial charge in [-0.3, -0.25) is 0 Å². The Morgan fingerprint density at radius 2 is 2.00 bits per heavy atom. The Morgan fingerprint density at radius 3 is 2.71 bits per heavy atom. The summed E-state index contributed by atoms with van der Waals surface area (Å²) < 4.78 is 5.36. The van der Waals surface area contributed by atoms with Crippen LogP contribution in [0.25, 0.3) is 0 Å². The highest BCUT2D eigenvalue weighted by Crippen LogP contribution is 2.33. The number of esters is 1. The van der Waals surface area contributed by atoms with Crippen LogP contribution in [0.5, 0.6) is 0 Å².